The zero-order chi connectivity index (χ0) is 52.7. The van der Waals surface area contributed by atoms with Crippen LogP contribution >= 0.6 is 7.82 Å². The summed E-state index contributed by atoms with van der Waals surface area (Å²) in [7, 11) is 1.24. The summed E-state index contributed by atoms with van der Waals surface area (Å²) in [5.41, 5.74) is 0. The molecule has 72 heavy (non-hydrogen) atoms. The molecule has 422 valence electrons. The van der Waals surface area contributed by atoms with Gasteiger partial charge in [-0.3, -0.25) is 9.36 Å². The fraction of sp³-hybridized carbons (Fsp3) is 0.825. The Labute approximate surface area is 447 Å². The fourth-order valence-electron chi connectivity index (χ4n) is 8.86. The second kappa shape index (κ2) is 54.0. The van der Waals surface area contributed by atoms with E-state index < -0.39 is 26.6 Å². The van der Waals surface area contributed by atoms with E-state index in [1.807, 2.05) is 27.2 Å². The lowest BCUT2D eigenvalue weighted by Gasteiger charge is -2.29. The van der Waals surface area contributed by atoms with Gasteiger partial charge in [-0.1, -0.05) is 261 Å². The number of aliphatic hydroxyl groups is 1. The summed E-state index contributed by atoms with van der Waals surface area (Å²) in [6, 6.07) is -0.914. The molecule has 0 bridgehead atoms. The SMILES string of the molecule is CCCCCCCCCCC/C=C\C/C=C\CCCCCCCCCCCCCC(=O)NC(COP(=O)([O-])OCC[N+](C)(C)C)C(O)/C=C/CC/C=C/CC/C=C/CCCCCCCCCCCCCCC. The Bertz CT molecular complexity index is 1360. The lowest BCUT2D eigenvalue weighted by Crippen LogP contribution is -2.45. The third kappa shape index (κ3) is 55.9. The number of carbonyl (C=O) groups is 1. The number of amides is 1. The molecule has 0 aliphatic carbocycles. The average Bonchev–Trinajstić information content (AvgIpc) is 3.34. The smallest absolute Gasteiger partial charge is 0.268 e. The van der Waals surface area contributed by atoms with Crippen LogP contribution in [0.25, 0.3) is 0 Å². The van der Waals surface area contributed by atoms with Crippen molar-refractivity contribution in [2.75, 3.05) is 40.9 Å². The number of nitrogens with one attached hydrogen (secondary N) is 1. The molecule has 0 radical (unpaired) electrons. The Morgan fingerprint density at radius 1 is 0.486 bits per heavy atom. The molecular weight excluding hydrogens is 912 g/mol. The van der Waals surface area contributed by atoms with E-state index in [2.05, 4.69) is 67.8 Å². The number of quaternary nitrogens is 1. The van der Waals surface area contributed by atoms with Crippen molar-refractivity contribution in [3.63, 3.8) is 0 Å². The topological polar surface area (TPSA) is 108 Å². The van der Waals surface area contributed by atoms with Crippen molar-refractivity contribution >= 4 is 13.7 Å². The van der Waals surface area contributed by atoms with Crippen molar-refractivity contribution < 1.29 is 32.9 Å². The second-order valence-electron chi connectivity index (χ2n) is 22.0. The molecule has 3 unspecified atom stereocenters. The van der Waals surface area contributed by atoms with E-state index in [1.54, 1.807) is 6.08 Å². The number of hydrogen-bond acceptors (Lipinski definition) is 6. The Morgan fingerprint density at radius 3 is 1.21 bits per heavy atom. The number of phosphoric ester groups is 1. The predicted octanol–water partition coefficient (Wildman–Crippen LogP) is 18.2. The minimum absolute atomic E-state index is 0.0108. The number of nitrogens with zero attached hydrogens (tertiary/aromatic N) is 1. The normalized spacial score (nSPS) is 14.3. The standard InChI is InChI=1S/C63H119N2O6P/c1-6-8-10-12-14-16-18-20-22-24-26-28-30-31-32-33-35-37-39-41-43-45-47-49-51-53-55-57-63(67)64-61(60-71-72(68,69)70-59-58-65(3,4)5)62(66)56-54-52-50-48-46-44-42-40-38-36-34-29-27-25-23-21-19-17-15-13-11-9-7-2/h26,28,31-32,38,40,46,48,54,56,61-62,66H,6-25,27,29-30,33-37,39,41-45,47,49-53,55,57-60H2,1-5H3,(H-,64,67,68,69)/b28-26-,32-31-,40-38+,48-46+,56-54+. The number of carbonyl (C=O) groups excluding carboxylic acids is 1. The van der Waals surface area contributed by atoms with Gasteiger partial charge in [0.15, 0.2) is 0 Å². The van der Waals surface area contributed by atoms with Crippen molar-refractivity contribution in [1.29, 1.82) is 0 Å². The maximum Gasteiger partial charge on any atom is 0.268 e. The number of phosphoric acid groups is 1. The lowest BCUT2D eigenvalue weighted by molar-refractivity contribution is -0.870. The van der Waals surface area contributed by atoms with Crippen LogP contribution in [0.1, 0.15) is 284 Å². The largest absolute Gasteiger partial charge is 0.756 e. The van der Waals surface area contributed by atoms with Crippen LogP contribution in [-0.2, 0) is 18.4 Å². The van der Waals surface area contributed by atoms with Gasteiger partial charge in [-0.25, -0.2) is 0 Å². The van der Waals surface area contributed by atoms with Gasteiger partial charge < -0.3 is 28.8 Å². The van der Waals surface area contributed by atoms with Crippen LogP contribution < -0.4 is 10.2 Å². The molecule has 0 aliphatic rings. The highest BCUT2D eigenvalue weighted by Gasteiger charge is 2.23. The first-order valence-electron chi connectivity index (χ1n) is 30.7. The Kier molecular flexibility index (Phi) is 52.7. The van der Waals surface area contributed by atoms with E-state index in [0.29, 0.717) is 17.4 Å². The van der Waals surface area contributed by atoms with Crippen LogP contribution in [0, 0.1) is 0 Å². The third-order valence-corrected chi connectivity index (χ3v) is 14.6. The van der Waals surface area contributed by atoms with Crippen molar-refractivity contribution in [3.05, 3.63) is 60.8 Å². The molecule has 0 rings (SSSR count). The quantitative estimate of drug-likeness (QED) is 0.0272. The summed E-state index contributed by atoms with van der Waals surface area (Å²) in [6.07, 6.45) is 73.1. The molecule has 0 aromatic heterocycles. The summed E-state index contributed by atoms with van der Waals surface area (Å²) in [5.74, 6) is -0.212. The van der Waals surface area contributed by atoms with Gasteiger partial charge in [0, 0.05) is 6.42 Å². The molecule has 2 N–H and O–H groups in total. The van der Waals surface area contributed by atoms with Gasteiger partial charge in [0.05, 0.1) is 39.9 Å². The second-order valence-corrected chi connectivity index (χ2v) is 23.4. The van der Waals surface area contributed by atoms with Gasteiger partial charge in [0.1, 0.15) is 13.2 Å². The molecule has 0 fully saturated rings. The van der Waals surface area contributed by atoms with Crippen LogP contribution in [0.5, 0.6) is 0 Å². The highest BCUT2D eigenvalue weighted by molar-refractivity contribution is 7.45. The number of unbranched alkanes of at least 4 members (excludes halogenated alkanes) is 35. The molecular formula is C63H119N2O6P. The molecule has 1 amide bonds. The molecule has 0 heterocycles. The van der Waals surface area contributed by atoms with E-state index in [9.17, 15) is 19.4 Å². The summed E-state index contributed by atoms with van der Waals surface area (Å²) in [4.78, 5) is 25.5. The first kappa shape index (κ1) is 70.2. The zero-order valence-electron chi connectivity index (χ0n) is 48.1. The predicted molar refractivity (Wildman–Crippen MR) is 311 cm³/mol. The number of allylic oxidation sites excluding steroid dienone is 9. The van der Waals surface area contributed by atoms with Gasteiger partial charge in [-0.15, -0.1) is 0 Å². The maximum absolute atomic E-state index is 13.0. The first-order valence-corrected chi connectivity index (χ1v) is 32.1. The van der Waals surface area contributed by atoms with Crippen molar-refractivity contribution in [2.45, 2.75) is 296 Å². The monoisotopic (exact) mass is 1030 g/mol. The highest BCUT2D eigenvalue weighted by atomic mass is 31.2. The highest BCUT2D eigenvalue weighted by Crippen LogP contribution is 2.38. The molecule has 0 spiro atoms. The summed E-state index contributed by atoms with van der Waals surface area (Å²) < 4.78 is 23.4. The van der Waals surface area contributed by atoms with Gasteiger partial charge in [0.25, 0.3) is 7.82 Å². The van der Waals surface area contributed by atoms with Crippen LogP contribution in [-0.4, -0.2) is 68.5 Å². The molecule has 0 saturated carbocycles. The fourth-order valence-corrected chi connectivity index (χ4v) is 9.59. The van der Waals surface area contributed by atoms with E-state index in [1.165, 1.54) is 212 Å². The molecule has 0 saturated heterocycles. The summed E-state index contributed by atoms with van der Waals surface area (Å²) in [5, 5.41) is 13.9. The van der Waals surface area contributed by atoms with E-state index in [-0.39, 0.29) is 12.5 Å². The van der Waals surface area contributed by atoms with Crippen LogP contribution in [0.15, 0.2) is 60.8 Å². The molecule has 0 aromatic carbocycles. The Balaban J connectivity index is 4.24. The van der Waals surface area contributed by atoms with Crippen LogP contribution in [0.4, 0.5) is 0 Å². The minimum Gasteiger partial charge on any atom is -0.756 e. The van der Waals surface area contributed by atoms with E-state index in [4.69, 9.17) is 9.05 Å². The van der Waals surface area contributed by atoms with Crippen molar-refractivity contribution in [1.82, 2.24) is 5.32 Å². The number of aliphatic hydroxyl groups excluding tert-OH is 1. The Hall–Kier alpha value is -1.80. The summed E-state index contributed by atoms with van der Waals surface area (Å²) in [6.45, 7) is 4.64. The van der Waals surface area contributed by atoms with Crippen molar-refractivity contribution in [3.8, 4) is 0 Å². The van der Waals surface area contributed by atoms with E-state index in [0.717, 1.165) is 51.4 Å². The van der Waals surface area contributed by atoms with Crippen LogP contribution in [0.2, 0.25) is 0 Å². The third-order valence-electron chi connectivity index (χ3n) is 13.7. The van der Waals surface area contributed by atoms with Crippen LogP contribution in [0.3, 0.4) is 0 Å². The van der Waals surface area contributed by atoms with Gasteiger partial charge >= 0.3 is 0 Å². The number of likely N-dealkylation sites (N-methyl/N-ethyl adjacent to an activating group) is 1. The number of rotatable bonds is 56. The van der Waals surface area contributed by atoms with Crippen molar-refractivity contribution in [2.24, 2.45) is 0 Å². The molecule has 0 aromatic rings. The summed E-state index contributed by atoms with van der Waals surface area (Å²) >= 11 is 0. The minimum atomic E-state index is -4.61. The lowest BCUT2D eigenvalue weighted by atomic mass is 10.0. The maximum atomic E-state index is 13.0. The molecule has 0 aliphatic heterocycles. The van der Waals surface area contributed by atoms with Gasteiger partial charge in [-0.2, -0.15) is 0 Å². The number of hydrogen-bond donors (Lipinski definition) is 2. The molecule has 8 nitrogen and oxygen atoms in total. The van der Waals surface area contributed by atoms with Gasteiger partial charge in [0.2, 0.25) is 5.91 Å². The molecule has 3 atom stereocenters. The average molecular weight is 1030 g/mol. The Morgan fingerprint density at radius 2 is 0.819 bits per heavy atom. The zero-order valence-corrected chi connectivity index (χ0v) is 49.0. The molecule has 9 heteroatoms. The van der Waals surface area contributed by atoms with Gasteiger partial charge in [-0.05, 0) is 77.0 Å². The first-order chi connectivity index (χ1) is 35.0. The van der Waals surface area contributed by atoms with E-state index >= 15 is 0 Å².